The minimum absolute atomic E-state index is 0.0233. The van der Waals surface area contributed by atoms with E-state index in [4.69, 9.17) is 0 Å². The van der Waals surface area contributed by atoms with Crippen molar-refractivity contribution in [2.24, 2.45) is 0 Å². The smallest absolute Gasteiger partial charge is 0.242 e. The third kappa shape index (κ3) is 2.70. The molecule has 0 aromatic carbocycles. The van der Waals surface area contributed by atoms with Gasteiger partial charge in [-0.1, -0.05) is 0 Å². The molecule has 6 nitrogen and oxygen atoms in total. The van der Waals surface area contributed by atoms with Crippen LogP contribution in [0.3, 0.4) is 0 Å². The SMILES string of the molecule is CN[C@H]1CN(C(C)=O)C[C@H]2CCC[C@@H](C(C)=O)N2C1=O. The fourth-order valence-corrected chi connectivity index (χ4v) is 3.27. The number of ketones is 1. The van der Waals surface area contributed by atoms with Gasteiger partial charge in [0.2, 0.25) is 11.8 Å². The second-order valence-electron chi connectivity index (χ2n) is 5.72. The number of amides is 2. The summed E-state index contributed by atoms with van der Waals surface area (Å²) in [6.45, 7) is 3.98. The zero-order valence-corrected chi connectivity index (χ0v) is 12.4. The van der Waals surface area contributed by atoms with Crippen LogP contribution in [-0.4, -0.2) is 65.7 Å². The molecule has 3 atom stereocenters. The molecule has 1 N–H and O–H groups in total. The molecule has 0 saturated carbocycles. The maximum Gasteiger partial charge on any atom is 0.242 e. The van der Waals surface area contributed by atoms with Crippen LogP contribution in [0.25, 0.3) is 0 Å². The molecule has 2 fully saturated rings. The number of nitrogens with one attached hydrogen (secondary N) is 1. The number of hydrogen-bond acceptors (Lipinski definition) is 4. The third-order valence-electron chi connectivity index (χ3n) is 4.39. The number of nitrogens with zero attached hydrogens (tertiary/aromatic N) is 2. The maximum absolute atomic E-state index is 12.7. The number of Topliss-reactive ketones (excluding diaryl/α,β-unsaturated/α-hetero) is 1. The molecule has 0 radical (unpaired) electrons. The number of hydrogen-bond donors (Lipinski definition) is 1. The van der Waals surface area contributed by atoms with E-state index in [1.54, 1.807) is 23.8 Å². The molecule has 6 heteroatoms. The Morgan fingerprint density at radius 1 is 1.20 bits per heavy atom. The van der Waals surface area contributed by atoms with E-state index in [2.05, 4.69) is 5.32 Å². The van der Waals surface area contributed by atoms with E-state index in [0.29, 0.717) is 13.1 Å². The topological polar surface area (TPSA) is 69.7 Å². The van der Waals surface area contributed by atoms with E-state index in [0.717, 1.165) is 19.3 Å². The number of fused-ring (bicyclic) bond motifs is 1. The molecule has 0 spiro atoms. The summed E-state index contributed by atoms with van der Waals surface area (Å²) in [4.78, 5) is 39.7. The highest BCUT2D eigenvalue weighted by molar-refractivity contribution is 5.91. The first-order valence-electron chi connectivity index (χ1n) is 7.21. The Bertz CT molecular complexity index is 424. The number of rotatable bonds is 2. The van der Waals surface area contributed by atoms with Gasteiger partial charge in [0.25, 0.3) is 0 Å². The van der Waals surface area contributed by atoms with Gasteiger partial charge in [-0.25, -0.2) is 0 Å². The second-order valence-corrected chi connectivity index (χ2v) is 5.72. The fourth-order valence-electron chi connectivity index (χ4n) is 3.27. The van der Waals surface area contributed by atoms with Gasteiger partial charge < -0.3 is 15.1 Å². The van der Waals surface area contributed by atoms with Gasteiger partial charge in [0.05, 0.1) is 12.1 Å². The minimum Gasteiger partial charge on any atom is -0.339 e. The lowest BCUT2D eigenvalue weighted by atomic mass is 9.93. The Hall–Kier alpha value is -1.43. The molecule has 0 aliphatic carbocycles. The number of likely N-dealkylation sites (N-methyl/N-ethyl adjacent to an activating group) is 1. The van der Waals surface area contributed by atoms with E-state index in [1.807, 2.05) is 0 Å². The first-order chi connectivity index (χ1) is 9.45. The summed E-state index contributed by atoms with van der Waals surface area (Å²) in [7, 11) is 1.72. The molecule has 2 aliphatic rings. The van der Waals surface area contributed by atoms with Crippen LogP contribution in [0, 0.1) is 0 Å². The van der Waals surface area contributed by atoms with Crippen LogP contribution in [0.4, 0.5) is 0 Å². The molecule has 0 aromatic heterocycles. The van der Waals surface area contributed by atoms with E-state index in [9.17, 15) is 14.4 Å². The van der Waals surface area contributed by atoms with Crippen molar-refractivity contribution in [3.8, 4) is 0 Å². The first kappa shape index (κ1) is 15.0. The van der Waals surface area contributed by atoms with Gasteiger partial charge in [-0.2, -0.15) is 0 Å². The van der Waals surface area contributed by atoms with Crippen LogP contribution < -0.4 is 5.32 Å². The van der Waals surface area contributed by atoms with Gasteiger partial charge in [0.1, 0.15) is 6.04 Å². The maximum atomic E-state index is 12.7. The van der Waals surface area contributed by atoms with E-state index in [-0.39, 0.29) is 29.7 Å². The summed E-state index contributed by atoms with van der Waals surface area (Å²) in [5.41, 5.74) is 0. The van der Waals surface area contributed by atoms with E-state index >= 15 is 0 Å². The monoisotopic (exact) mass is 281 g/mol. The lowest BCUT2D eigenvalue weighted by Gasteiger charge is -2.41. The molecule has 112 valence electrons. The lowest BCUT2D eigenvalue weighted by molar-refractivity contribution is -0.144. The Labute approximate surface area is 119 Å². The number of piperidine rings is 1. The van der Waals surface area contributed by atoms with Gasteiger partial charge in [-0.15, -0.1) is 0 Å². The van der Waals surface area contributed by atoms with Gasteiger partial charge in [0.15, 0.2) is 5.78 Å². The largest absolute Gasteiger partial charge is 0.339 e. The lowest BCUT2D eigenvalue weighted by Crippen LogP contribution is -2.57. The van der Waals surface area contributed by atoms with Crippen LogP contribution in [0.5, 0.6) is 0 Å². The zero-order valence-electron chi connectivity index (χ0n) is 12.4. The predicted molar refractivity (Wildman–Crippen MR) is 74.1 cm³/mol. The fraction of sp³-hybridized carbons (Fsp3) is 0.786. The predicted octanol–water partition coefficient (Wildman–Crippen LogP) is -0.225. The molecule has 2 heterocycles. The van der Waals surface area contributed by atoms with Crippen molar-refractivity contribution in [3.63, 3.8) is 0 Å². The third-order valence-corrected chi connectivity index (χ3v) is 4.39. The molecular formula is C14H23N3O3. The first-order valence-corrected chi connectivity index (χ1v) is 7.21. The summed E-state index contributed by atoms with van der Waals surface area (Å²) < 4.78 is 0. The van der Waals surface area contributed by atoms with E-state index < -0.39 is 6.04 Å². The molecule has 2 saturated heterocycles. The molecule has 2 rings (SSSR count). The Morgan fingerprint density at radius 3 is 2.45 bits per heavy atom. The summed E-state index contributed by atoms with van der Waals surface area (Å²) >= 11 is 0. The molecule has 2 aliphatic heterocycles. The average Bonchev–Trinajstić information content (AvgIpc) is 2.55. The second kappa shape index (κ2) is 5.91. The molecule has 20 heavy (non-hydrogen) atoms. The van der Waals surface area contributed by atoms with Crippen LogP contribution in [-0.2, 0) is 14.4 Å². The standard InChI is InChI=1S/C14H23N3O3/c1-9(18)13-6-4-5-11-7-16(10(2)19)8-12(15-3)14(20)17(11)13/h11-13,15H,4-8H2,1-3H3/t11-,12+,13+/m1/s1. The highest BCUT2D eigenvalue weighted by Gasteiger charge is 2.42. The van der Waals surface area contributed by atoms with E-state index in [1.165, 1.54) is 6.92 Å². The number of carbonyl (C=O) groups is 3. The van der Waals surface area contributed by atoms with Crippen molar-refractivity contribution in [1.29, 1.82) is 0 Å². The van der Waals surface area contributed by atoms with Crippen LogP contribution >= 0.6 is 0 Å². The van der Waals surface area contributed by atoms with Crippen LogP contribution in [0.15, 0.2) is 0 Å². The summed E-state index contributed by atoms with van der Waals surface area (Å²) in [6.07, 6.45) is 2.51. The quantitative estimate of drug-likeness (QED) is 0.759. The van der Waals surface area contributed by atoms with Crippen molar-refractivity contribution in [1.82, 2.24) is 15.1 Å². The van der Waals surface area contributed by atoms with Gasteiger partial charge in [-0.05, 0) is 33.2 Å². The zero-order chi connectivity index (χ0) is 14.9. The summed E-state index contributed by atoms with van der Waals surface area (Å²) in [5, 5.41) is 2.97. The van der Waals surface area contributed by atoms with Crippen LogP contribution in [0.1, 0.15) is 33.1 Å². The van der Waals surface area contributed by atoms with Crippen molar-refractivity contribution in [3.05, 3.63) is 0 Å². The Kier molecular flexibility index (Phi) is 4.42. The van der Waals surface area contributed by atoms with Gasteiger partial charge >= 0.3 is 0 Å². The van der Waals surface area contributed by atoms with Crippen LogP contribution in [0.2, 0.25) is 0 Å². The Morgan fingerprint density at radius 2 is 1.90 bits per heavy atom. The number of carbonyl (C=O) groups excluding carboxylic acids is 3. The van der Waals surface area contributed by atoms with Crippen molar-refractivity contribution in [2.75, 3.05) is 20.1 Å². The van der Waals surface area contributed by atoms with Gasteiger partial charge in [0, 0.05) is 20.0 Å². The molecule has 0 bridgehead atoms. The highest BCUT2D eigenvalue weighted by atomic mass is 16.2. The summed E-state index contributed by atoms with van der Waals surface area (Å²) in [6, 6.07) is -0.791. The molecule has 0 unspecified atom stereocenters. The minimum atomic E-state index is -0.427. The van der Waals surface area contributed by atoms with Crippen molar-refractivity contribution < 1.29 is 14.4 Å². The molecule has 0 aromatic rings. The summed E-state index contributed by atoms with van der Waals surface area (Å²) in [5.74, 6) is -0.0415. The Balaban J connectivity index is 2.32. The van der Waals surface area contributed by atoms with Crippen molar-refractivity contribution in [2.45, 2.75) is 51.2 Å². The van der Waals surface area contributed by atoms with Crippen molar-refractivity contribution >= 4 is 17.6 Å². The normalized spacial score (nSPS) is 30.8. The highest BCUT2D eigenvalue weighted by Crippen LogP contribution is 2.27. The average molecular weight is 281 g/mol. The van der Waals surface area contributed by atoms with Gasteiger partial charge in [-0.3, -0.25) is 14.4 Å². The molecule has 2 amide bonds. The molecular weight excluding hydrogens is 258 g/mol.